The molecule has 1 aromatic carbocycles. The highest BCUT2D eigenvalue weighted by Crippen LogP contribution is 2.25. The third-order valence-electron chi connectivity index (χ3n) is 5.24. The van der Waals surface area contributed by atoms with Gasteiger partial charge in [0, 0.05) is 38.1 Å². The molecule has 2 heterocycles. The van der Waals surface area contributed by atoms with Crippen molar-refractivity contribution in [1.82, 2.24) is 18.8 Å². The van der Waals surface area contributed by atoms with Gasteiger partial charge in [0.2, 0.25) is 10.0 Å². The SMILES string of the molecule is Cc1ccc(C(=O)N(C)Cc2nccn2CC(F)(F)F)cc1S(=O)(=O)N1CCCCC1. The average Bonchev–Trinajstić information content (AvgIpc) is 3.13. The Morgan fingerprint density at radius 2 is 1.87 bits per heavy atom. The summed E-state index contributed by atoms with van der Waals surface area (Å²) in [6.45, 7) is 1.21. The van der Waals surface area contributed by atoms with Crippen molar-refractivity contribution in [2.24, 2.45) is 0 Å². The molecule has 0 unspecified atom stereocenters. The van der Waals surface area contributed by atoms with Gasteiger partial charge in [0.05, 0.1) is 11.4 Å². The van der Waals surface area contributed by atoms with Crippen LogP contribution in [0, 0.1) is 6.92 Å². The maximum atomic E-state index is 13.1. The Balaban J connectivity index is 1.81. The van der Waals surface area contributed by atoms with E-state index in [1.807, 2.05) is 0 Å². The van der Waals surface area contributed by atoms with Crippen LogP contribution in [0.4, 0.5) is 13.2 Å². The van der Waals surface area contributed by atoms with E-state index in [1.165, 1.54) is 40.8 Å². The predicted molar refractivity (Wildman–Crippen MR) is 108 cm³/mol. The van der Waals surface area contributed by atoms with E-state index in [9.17, 15) is 26.4 Å². The number of benzene rings is 1. The molecule has 1 aliphatic rings. The van der Waals surface area contributed by atoms with Gasteiger partial charge in [-0.3, -0.25) is 4.79 Å². The number of rotatable bonds is 6. The molecule has 1 saturated heterocycles. The van der Waals surface area contributed by atoms with E-state index in [0.717, 1.165) is 23.8 Å². The fourth-order valence-electron chi connectivity index (χ4n) is 3.59. The lowest BCUT2D eigenvalue weighted by atomic mass is 10.1. The van der Waals surface area contributed by atoms with E-state index < -0.39 is 28.7 Å². The first kappa shape index (κ1) is 23.3. The van der Waals surface area contributed by atoms with Gasteiger partial charge in [-0.15, -0.1) is 0 Å². The molecule has 0 atom stereocenters. The lowest BCUT2D eigenvalue weighted by Crippen LogP contribution is -2.36. The van der Waals surface area contributed by atoms with Gasteiger partial charge in [-0.1, -0.05) is 12.5 Å². The molecule has 0 spiro atoms. The highest BCUT2D eigenvalue weighted by molar-refractivity contribution is 7.89. The Hall–Kier alpha value is -2.40. The van der Waals surface area contributed by atoms with Crippen molar-refractivity contribution in [2.45, 2.75) is 50.3 Å². The maximum Gasteiger partial charge on any atom is 0.406 e. The van der Waals surface area contributed by atoms with Gasteiger partial charge in [-0.05, 0) is 37.5 Å². The van der Waals surface area contributed by atoms with E-state index in [4.69, 9.17) is 0 Å². The van der Waals surface area contributed by atoms with Crippen LogP contribution >= 0.6 is 0 Å². The number of hydrogen-bond donors (Lipinski definition) is 0. The van der Waals surface area contributed by atoms with E-state index in [0.29, 0.717) is 18.7 Å². The number of aryl methyl sites for hydroxylation is 1. The molecule has 2 aromatic rings. The molecule has 170 valence electrons. The normalized spacial score (nSPS) is 15.8. The average molecular weight is 459 g/mol. The van der Waals surface area contributed by atoms with Crippen molar-refractivity contribution in [1.29, 1.82) is 0 Å². The van der Waals surface area contributed by atoms with Crippen LogP contribution in [-0.2, 0) is 23.1 Å². The number of nitrogens with zero attached hydrogens (tertiary/aromatic N) is 4. The van der Waals surface area contributed by atoms with Crippen molar-refractivity contribution >= 4 is 15.9 Å². The van der Waals surface area contributed by atoms with Crippen LogP contribution in [0.1, 0.15) is 41.0 Å². The zero-order chi connectivity index (χ0) is 22.8. The maximum absolute atomic E-state index is 13.1. The highest BCUT2D eigenvalue weighted by Gasteiger charge is 2.30. The Morgan fingerprint density at radius 3 is 2.52 bits per heavy atom. The number of piperidine rings is 1. The summed E-state index contributed by atoms with van der Waals surface area (Å²) in [5.74, 6) is -0.418. The Morgan fingerprint density at radius 1 is 1.19 bits per heavy atom. The van der Waals surface area contributed by atoms with Gasteiger partial charge >= 0.3 is 6.18 Å². The molecule has 7 nitrogen and oxygen atoms in total. The number of alkyl halides is 3. The summed E-state index contributed by atoms with van der Waals surface area (Å²) in [5.41, 5.74) is 0.683. The van der Waals surface area contributed by atoms with E-state index >= 15 is 0 Å². The molecule has 1 aromatic heterocycles. The van der Waals surface area contributed by atoms with Crippen LogP contribution in [-0.4, -0.2) is 59.4 Å². The Kier molecular flexibility index (Phi) is 6.75. The van der Waals surface area contributed by atoms with Crippen molar-refractivity contribution in [2.75, 3.05) is 20.1 Å². The minimum atomic E-state index is -4.41. The fourth-order valence-corrected chi connectivity index (χ4v) is 5.36. The third kappa shape index (κ3) is 5.45. The van der Waals surface area contributed by atoms with Gasteiger partial charge in [0.1, 0.15) is 12.4 Å². The zero-order valence-corrected chi connectivity index (χ0v) is 18.2. The minimum Gasteiger partial charge on any atom is -0.334 e. The van der Waals surface area contributed by atoms with E-state index in [1.54, 1.807) is 13.0 Å². The molecule has 11 heteroatoms. The fraction of sp³-hybridized carbons (Fsp3) is 0.500. The molecule has 1 aliphatic heterocycles. The molecule has 0 aliphatic carbocycles. The molecule has 0 radical (unpaired) electrons. The zero-order valence-electron chi connectivity index (χ0n) is 17.4. The quantitative estimate of drug-likeness (QED) is 0.666. The number of amides is 1. The summed E-state index contributed by atoms with van der Waals surface area (Å²) in [7, 11) is -2.29. The summed E-state index contributed by atoms with van der Waals surface area (Å²) in [5, 5.41) is 0. The van der Waals surface area contributed by atoms with E-state index in [-0.39, 0.29) is 22.8 Å². The summed E-state index contributed by atoms with van der Waals surface area (Å²) >= 11 is 0. The van der Waals surface area contributed by atoms with Crippen molar-refractivity contribution < 1.29 is 26.4 Å². The highest BCUT2D eigenvalue weighted by atomic mass is 32.2. The van der Waals surface area contributed by atoms with Crippen LogP contribution in [0.15, 0.2) is 35.5 Å². The molecule has 0 bridgehead atoms. The van der Waals surface area contributed by atoms with Gasteiger partial charge < -0.3 is 9.47 Å². The summed E-state index contributed by atoms with van der Waals surface area (Å²) < 4.78 is 66.7. The minimum absolute atomic E-state index is 0.0761. The number of carbonyl (C=O) groups excluding carboxylic acids is 1. The van der Waals surface area contributed by atoms with Crippen LogP contribution in [0.25, 0.3) is 0 Å². The first-order valence-corrected chi connectivity index (χ1v) is 11.4. The second kappa shape index (κ2) is 8.99. The number of sulfonamides is 1. The first-order chi connectivity index (χ1) is 14.5. The number of aromatic nitrogens is 2. The number of imidazole rings is 1. The van der Waals surface area contributed by atoms with Crippen molar-refractivity contribution in [3.05, 3.63) is 47.5 Å². The Labute approximate surface area is 179 Å². The number of hydrogen-bond acceptors (Lipinski definition) is 4. The van der Waals surface area contributed by atoms with Gasteiger partial charge in [0.25, 0.3) is 5.91 Å². The molecule has 1 amide bonds. The Bertz CT molecular complexity index is 1040. The van der Waals surface area contributed by atoms with Crippen molar-refractivity contribution in [3.63, 3.8) is 0 Å². The molecule has 31 heavy (non-hydrogen) atoms. The summed E-state index contributed by atoms with van der Waals surface area (Å²) in [6.07, 6.45) is 0.615. The largest absolute Gasteiger partial charge is 0.406 e. The van der Waals surface area contributed by atoms with Crippen LogP contribution in [0.3, 0.4) is 0 Å². The van der Waals surface area contributed by atoms with Crippen LogP contribution in [0.5, 0.6) is 0 Å². The number of halogens is 3. The second-order valence-electron chi connectivity index (χ2n) is 7.69. The smallest absolute Gasteiger partial charge is 0.334 e. The third-order valence-corrected chi connectivity index (χ3v) is 7.29. The lowest BCUT2D eigenvalue weighted by Gasteiger charge is -2.27. The first-order valence-electron chi connectivity index (χ1n) is 9.92. The van der Waals surface area contributed by atoms with Crippen molar-refractivity contribution in [3.8, 4) is 0 Å². The standard InChI is InChI=1S/C20H25F3N4O3S/c1-15-6-7-16(12-17(15)31(29,30)27-9-4-3-5-10-27)19(28)25(2)13-18-24-8-11-26(18)14-20(21,22)23/h6-8,11-12H,3-5,9-10,13-14H2,1-2H3. The lowest BCUT2D eigenvalue weighted by molar-refractivity contribution is -0.141. The molecule has 0 N–H and O–H groups in total. The molecule has 3 rings (SSSR count). The van der Waals surface area contributed by atoms with E-state index in [2.05, 4.69) is 4.98 Å². The predicted octanol–water partition coefficient (Wildman–Crippen LogP) is 3.20. The second-order valence-corrected chi connectivity index (χ2v) is 9.60. The molecule has 0 saturated carbocycles. The monoisotopic (exact) mass is 458 g/mol. The summed E-state index contributed by atoms with van der Waals surface area (Å²) in [4.78, 5) is 18.1. The topological polar surface area (TPSA) is 75.5 Å². The van der Waals surface area contributed by atoms with Gasteiger partial charge in [0.15, 0.2) is 0 Å². The van der Waals surface area contributed by atoms with Gasteiger partial charge in [-0.25, -0.2) is 13.4 Å². The number of carbonyl (C=O) groups is 1. The van der Waals surface area contributed by atoms with Gasteiger partial charge in [-0.2, -0.15) is 17.5 Å². The summed E-state index contributed by atoms with van der Waals surface area (Å²) in [6, 6.07) is 4.44. The molecular weight excluding hydrogens is 433 g/mol. The van der Waals surface area contributed by atoms with Crippen LogP contribution in [0.2, 0.25) is 0 Å². The van der Waals surface area contributed by atoms with Crippen LogP contribution < -0.4 is 0 Å². The molecular formula is C20H25F3N4O3S. The molecule has 1 fully saturated rings.